The molecule has 3 aromatic heterocycles. The normalized spacial score (nSPS) is 13.6. The molecular weight excluding hydrogens is 603 g/mol. The molecule has 0 aliphatic carbocycles. The van der Waals surface area contributed by atoms with Gasteiger partial charge in [-0.3, -0.25) is 9.67 Å². The van der Waals surface area contributed by atoms with E-state index in [1.807, 2.05) is 50.1 Å². The molecule has 1 aliphatic rings. The Balaban J connectivity index is 1.60. The second-order valence-electron chi connectivity index (χ2n) is 9.17. The standard InChI is InChI=1S/C27H28ClIN6O2/c1-4-6-18(36)15-37-19-8-9-21(28)20(11-19)26-32-24(25-22(29)12-31-34(25)3)16(2)27(33-26)35-13-17-7-5-10-30-23(17)14-35/h5,7-12,18,36H,4,6,13-15H2,1-3H3/t18-/m1/s1. The quantitative estimate of drug-likeness (QED) is 0.255. The van der Waals surface area contributed by atoms with Crippen molar-refractivity contribution in [3.63, 3.8) is 0 Å². The van der Waals surface area contributed by atoms with Gasteiger partial charge in [-0.1, -0.05) is 31.0 Å². The highest BCUT2D eigenvalue weighted by molar-refractivity contribution is 14.1. The van der Waals surface area contributed by atoms with Gasteiger partial charge in [0, 0.05) is 30.9 Å². The molecule has 0 bridgehead atoms. The highest BCUT2D eigenvalue weighted by Gasteiger charge is 2.27. The zero-order chi connectivity index (χ0) is 26.1. The Morgan fingerprint density at radius 1 is 1.22 bits per heavy atom. The summed E-state index contributed by atoms with van der Waals surface area (Å²) in [4.78, 5) is 16.8. The number of rotatable bonds is 8. The summed E-state index contributed by atoms with van der Waals surface area (Å²) >= 11 is 8.97. The number of fused-ring (bicyclic) bond motifs is 1. The minimum atomic E-state index is -0.518. The first-order valence-corrected chi connectivity index (χ1v) is 13.7. The summed E-state index contributed by atoms with van der Waals surface area (Å²) in [6, 6.07) is 9.49. The van der Waals surface area contributed by atoms with E-state index in [1.54, 1.807) is 12.1 Å². The summed E-state index contributed by atoms with van der Waals surface area (Å²) in [5, 5.41) is 15.1. The maximum atomic E-state index is 10.1. The predicted octanol–water partition coefficient (Wildman–Crippen LogP) is 5.57. The molecule has 0 amide bonds. The number of hydrogen-bond acceptors (Lipinski definition) is 7. The number of benzene rings is 1. The number of pyridine rings is 1. The zero-order valence-corrected chi connectivity index (χ0v) is 23.9. The van der Waals surface area contributed by atoms with E-state index in [4.69, 9.17) is 26.3 Å². The van der Waals surface area contributed by atoms with Gasteiger partial charge in [0.2, 0.25) is 0 Å². The van der Waals surface area contributed by atoms with Crippen LogP contribution in [0.15, 0.2) is 42.7 Å². The van der Waals surface area contributed by atoms with Gasteiger partial charge in [-0.05, 0) is 65.8 Å². The third-order valence-electron chi connectivity index (χ3n) is 6.47. The van der Waals surface area contributed by atoms with E-state index in [9.17, 15) is 5.11 Å². The van der Waals surface area contributed by atoms with E-state index >= 15 is 0 Å². The van der Waals surface area contributed by atoms with Crippen LogP contribution in [-0.2, 0) is 20.1 Å². The SMILES string of the molecule is CCC[C@@H](O)COc1ccc(Cl)c(-c2nc(-c3c(I)cnn3C)c(C)c(N3Cc4cccnc4C3)n2)c1. The van der Waals surface area contributed by atoms with Crippen molar-refractivity contribution >= 4 is 40.0 Å². The number of nitrogens with zero attached hydrogens (tertiary/aromatic N) is 6. The molecular formula is C27H28ClIN6O2. The number of anilines is 1. The van der Waals surface area contributed by atoms with E-state index < -0.39 is 6.10 Å². The molecule has 4 heterocycles. The lowest BCUT2D eigenvalue weighted by atomic mass is 10.1. The molecule has 0 saturated carbocycles. The van der Waals surface area contributed by atoms with Gasteiger partial charge in [-0.15, -0.1) is 0 Å². The Morgan fingerprint density at radius 3 is 2.78 bits per heavy atom. The maximum Gasteiger partial charge on any atom is 0.163 e. The first kappa shape index (κ1) is 25.9. The van der Waals surface area contributed by atoms with Gasteiger partial charge in [0.05, 0.1) is 38.8 Å². The Labute approximate surface area is 234 Å². The molecule has 0 unspecified atom stereocenters. The third kappa shape index (κ3) is 5.30. The average molecular weight is 631 g/mol. The summed E-state index contributed by atoms with van der Waals surface area (Å²) in [6.45, 7) is 5.68. The van der Waals surface area contributed by atoms with Crippen molar-refractivity contribution in [1.29, 1.82) is 0 Å². The lowest BCUT2D eigenvalue weighted by Crippen LogP contribution is -2.19. The van der Waals surface area contributed by atoms with E-state index in [0.717, 1.165) is 38.5 Å². The summed E-state index contributed by atoms with van der Waals surface area (Å²) in [6.07, 6.45) is 4.71. The van der Waals surface area contributed by atoms with Crippen LogP contribution >= 0.6 is 34.2 Å². The zero-order valence-electron chi connectivity index (χ0n) is 20.9. The highest BCUT2D eigenvalue weighted by atomic mass is 127. The summed E-state index contributed by atoms with van der Waals surface area (Å²) in [5.41, 5.74) is 5.59. The summed E-state index contributed by atoms with van der Waals surface area (Å²) < 4.78 is 8.71. The number of aliphatic hydroxyl groups is 1. The van der Waals surface area contributed by atoms with Crippen LogP contribution in [0, 0.1) is 10.5 Å². The van der Waals surface area contributed by atoms with Crippen molar-refractivity contribution in [2.75, 3.05) is 11.5 Å². The Morgan fingerprint density at radius 2 is 2.05 bits per heavy atom. The first-order valence-electron chi connectivity index (χ1n) is 12.2. The van der Waals surface area contributed by atoms with E-state index in [-0.39, 0.29) is 6.61 Å². The van der Waals surface area contributed by atoms with Crippen molar-refractivity contribution in [2.24, 2.45) is 7.05 Å². The van der Waals surface area contributed by atoms with Crippen LogP contribution in [0.4, 0.5) is 5.82 Å². The monoisotopic (exact) mass is 630 g/mol. The Bertz CT molecular complexity index is 1400. The van der Waals surface area contributed by atoms with Crippen molar-refractivity contribution in [2.45, 2.75) is 45.9 Å². The van der Waals surface area contributed by atoms with Crippen LogP contribution in [0.2, 0.25) is 5.02 Å². The van der Waals surface area contributed by atoms with Crippen LogP contribution in [0.1, 0.15) is 36.6 Å². The molecule has 37 heavy (non-hydrogen) atoms. The fourth-order valence-corrected chi connectivity index (χ4v) is 5.50. The molecule has 0 spiro atoms. The molecule has 1 atom stereocenters. The molecule has 0 saturated heterocycles. The van der Waals surface area contributed by atoms with Crippen LogP contribution in [0.3, 0.4) is 0 Å². The van der Waals surface area contributed by atoms with Crippen molar-refractivity contribution in [3.8, 4) is 28.5 Å². The second-order valence-corrected chi connectivity index (χ2v) is 10.7. The minimum absolute atomic E-state index is 0.215. The van der Waals surface area contributed by atoms with Gasteiger partial charge in [0.15, 0.2) is 5.82 Å². The fraction of sp³-hybridized carbons (Fsp3) is 0.333. The van der Waals surface area contributed by atoms with Gasteiger partial charge in [0.1, 0.15) is 23.9 Å². The van der Waals surface area contributed by atoms with E-state index in [1.165, 1.54) is 5.56 Å². The van der Waals surface area contributed by atoms with E-state index in [0.29, 0.717) is 41.7 Å². The van der Waals surface area contributed by atoms with Gasteiger partial charge in [-0.2, -0.15) is 5.10 Å². The number of halogens is 2. The van der Waals surface area contributed by atoms with Gasteiger partial charge >= 0.3 is 0 Å². The van der Waals surface area contributed by atoms with Crippen LogP contribution < -0.4 is 9.64 Å². The smallest absolute Gasteiger partial charge is 0.163 e. The number of aliphatic hydroxyl groups excluding tert-OH is 1. The molecule has 10 heteroatoms. The first-order chi connectivity index (χ1) is 17.9. The lowest BCUT2D eigenvalue weighted by molar-refractivity contribution is 0.0994. The lowest BCUT2D eigenvalue weighted by Gasteiger charge is -2.22. The molecule has 192 valence electrons. The molecule has 5 rings (SSSR count). The van der Waals surface area contributed by atoms with Crippen molar-refractivity contribution in [1.82, 2.24) is 24.7 Å². The maximum absolute atomic E-state index is 10.1. The predicted molar refractivity (Wildman–Crippen MR) is 153 cm³/mol. The van der Waals surface area contributed by atoms with Gasteiger partial charge in [-0.25, -0.2) is 9.97 Å². The molecule has 1 N–H and O–H groups in total. The minimum Gasteiger partial charge on any atom is -0.491 e. The molecule has 1 aliphatic heterocycles. The molecule has 4 aromatic rings. The van der Waals surface area contributed by atoms with Crippen molar-refractivity contribution in [3.05, 3.63) is 68.1 Å². The summed E-state index contributed by atoms with van der Waals surface area (Å²) in [5.74, 6) is 1.94. The largest absolute Gasteiger partial charge is 0.491 e. The van der Waals surface area contributed by atoms with E-state index in [2.05, 4.69) is 43.6 Å². The molecule has 1 aromatic carbocycles. The highest BCUT2D eigenvalue weighted by Crippen LogP contribution is 2.38. The number of hydrogen-bond donors (Lipinski definition) is 1. The number of ether oxygens (including phenoxy) is 1. The molecule has 0 fully saturated rings. The van der Waals surface area contributed by atoms with Gasteiger partial charge in [0.25, 0.3) is 0 Å². The van der Waals surface area contributed by atoms with Crippen LogP contribution in [0.5, 0.6) is 5.75 Å². The molecule has 8 nitrogen and oxygen atoms in total. The topological polar surface area (TPSA) is 89.2 Å². The number of aromatic nitrogens is 5. The van der Waals surface area contributed by atoms with Crippen LogP contribution in [0.25, 0.3) is 22.8 Å². The van der Waals surface area contributed by atoms with Crippen LogP contribution in [-0.4, -0.2) is 42.5 Å². The van der Waals surface area contributed by atoms with Gasteiger partial charge < -0.3 is 14.7 Å². The average Bonchev–Trinajstić information content (AvgIpc) is 3.46. The van der Waals surface area contributed by atoms with Crippen molar-refractivity contribution < 1.29 is 9.84 Å². The second kappa shape index (κ2) is 10.9. The number of aryl methyl sites for hydroxylation is 1. The third-order valence-corrected chi connectivity index (χ3v) is 7.59. The Kier molecular flexibility index (Phi) is 7.64. The fourth-order valence-electron chi connectivity index (χ4n) is 4.57. The Hall–Kier alpha value is -2.76. The molecule has 0 radical (unpaired) electrons. The summed E-state index contributed by atoms with van der Waals surface area (Å²) in [7, 11) is 1.91.